The van der Waals surface area contributed by atoms with Gasteiger partial charge in [0.05, 0.1) is 11.0 Å². The molecule has 3 nitrogen and oxygen atoms in total. The average molecular weight is 584 g/mol. The standard InChI is InChI=1S/C42H26BN3/c1-2-13-27(14-3-1)44-39-23-11-7-19-35(39)43-41-32(18-12-24-40(41)44)34-26-28(25-33-31-17-6-10-22-38(31)46(43)42(33)34)45-36-20-8-4-15-29(36)30-16-5-9-21-37(30)45/h1-26H. The van der Waals surface area contributed by atoms with Crippen molar-refractivity contribution in [2.75, 3.05) is 4.90 Å². The van der Waals surface area contributed by atoms with Gasteiger partial charge in [-0.3, -0.25) is 0 Å². The molecule has 0 amide bonds. The number of nitrogens with zero attached hydrogens (tertiary/aromatic N) is 3. The second kappa shape index (κ2) is 8.80. The smallest absolute Gasteiger partial charge is 0.333 e. The summed E-state index contributed by atoms with van der Waals surface area (Å²) in [5.41, 5.74) is 15.2. The van der Waals surface area contributed by atoms with Crippen molar-refractivity contribution in [3.63, 3.8) is 0 Å². The molecule has 2 aliphatic rings. The van der Waals surface area contributed by atoms with Crippen molar-refractivity contribution in [2.24, 2.45) is 0 Å². The Morgan fingerprint density at radius 2 is 1.02 bits per heavy atom. The van der Waals surface area contributed by atoms with Gasteiger partial charge in [-0.25, -0.2) is 0 Å². The van der Waals surface area contributed by atoms with E-state index in [0.717, 1.165) is 0 Å². The van der Waals surface area contributed by atoms with Crippen LogP contribution >= 0.6 is 0 Å². The van der Waals surface area contributed by atoms with Gasteiger partial charge in [0.15, 0.2) is 0 Å². The lowest BCUT2D eigenvalue weighted by Gasteiger charge is -2.40. The van der Waals surface area contributed by atoms with E-state index in [1.165, 1.54) is 88.4 Å². The van der Waals surface area contributed by atoms with Gasteiger partial charge in [-0.05, 0) is 71.1 Å². The fourth-order valence-electron chi connectivity index (χ4n) is 8.52. The highest BCUT2D eigenvalue weighted by Crippen LogP contribution is 2.46. The van der Waals surface area contributed by atoms with E-state index >= 15 is 0 Å². The van der Waals surface area contributed by atoms with Gasteiger partial charge in [0.2, 0.25) is 0 Å². The number of hydrogen-bond donors (Lipinski definition) is 0. The fourth-order valence-corrected chi connectivity index (χ4v) is 8.52. The maximum absolute atomic E-state index is 2.63. The first kappa shape index (κ1) is 24.3. The van der Waals surface area contributed by atoms with Gasteiger partial charge >= 0.3 is 6.85 Å². The highest BCUT2D eigenvalue weighted by atomic mass is 15.2. The predicted molar refractivity (Wildman–Crippen MR) is 194 cm³/mol. The highest BCUT2D eigenvalue weighted by molar-refractivity contribution is 6.90. The zero-order chi connectivity index (χ0) is 29.9. The number of benzene rings is 7. The van der Waals surface area contributed by atoms with Crippen LogP contribution in [0.1, 0.15) is 0 Å². The van der Waals surface area contributed by atoms with Gasteiger partial charge in [-0.1, -0.05) is 103 Å². The second-order valence-electron chi connectivity index (χ2n) is 12.5. The fraction of sp³-hybridized carbons (Fsp3) is 0. The summed E-state index contributed by atoms with van der Waals surface area (Å²) >= 11 is 0. The molecule has 4 heterocycles. The molecule has 7 aromatic carbocycles. The molecule has 0 aliphatic carbocycles. The molecule has 0 saturated heterocycles. The maximum atomic E-state index is 2.63. The van der Waals surface area contributed by atoms with Crippen molar-refractivity contribution in [3.05, 3.63) is 158 Å². The molecule has 2 aromatic heterocycles. The van der Waals surface area contributed by atoms with Crippen LogP contribution in [-0.2, 0) is 0 Å². The zero-order valence-electron chi connectivity index (χ0n) is 24.9. The van der Waals surface area contributed by atoms with Gasteiger partial charge in [0, 0.05) is 60.9 Å². The van der Waals surface area contributed by atoms with Crippen molar-refractivity contribution in [1.82, 2.24) is 9.05 Å². The Morgan fingerprint density at radius 3 is 1.78 bits per heavy atom. The summed E-state index contributed by atoms with van der Waals surface area (Å²) in [7, 11) is 0. The van der Waals surface area contributed by atoms with Crippen molar-refractivity contribution in [2.45, 2.75) is 0 Å². The molecule has 4 heteroatoms. The van der Waals surface area contributed by atoms with Gasteiger partial charge in [-0.15, -0.1) is 0 Å². The minimum atomic E-state index is 0.0661. The number of aromatic nitrogens is 2. The average Bonchev–Trinajstić information content (AvgIpc) is 3.63. The zero-order valence-corrected chi connectivity index (χ0v) is 24.9. The maximum Gasteiger partial charge on any atom is 0.333 e. The summed E-state index contributed by atoms with van der Waals surface area (Å²) in [6.45, 7) is 0.0661. The first-order valence-corrected chi connectivity index (χ1v) is 16.0. The van der Waals surface area contributed by atoms with Crippen molar-refractivity contribution >= 4 is 78.4 Å². The quantitative estimate of drug-likeness (QED) is 0.185. The lowest BCUT2D eigenvalue weighted by molar-refractivity contribution is 1.18. The minimum absolute atomic E-state index is 0.0661. The number of rotatable bonds is 2. The van der Waals surface area contributed by atoms with E-state index in [-0.39, 0.29) is 6.85 Å². The third-order valence-electron chi connectivity index (χ3n) is 10.3. The molecule has 0 bridgehead atoms. The van der Waals surface area contributed by atoms with Crippen molar-refractivity contribution < 1.29 is 0 Å². The molecule has 0 unspecified atom stereocenters. The Hall–Kier alpha value is -6.00. The van der Waals surface area contributed by atoms with Gasteiger partial charge < -0.3 is 13.9 Å². The minimum Gasteiger partial charge on any atom is -0.375 e. The Balaban J connectivity index is 1.31. The summed E-state index contributed by atoms with van der Waals surface area (Å²) < 4.78 is 5.09. The molecule has 0 saturated carbocycles. The molecular weight excluding hydrogens is 557 g/mol. The summed E-state index contributed by atoms with van der Waals surface area (Å²) in [5, 5.41) is 5.14. The van der Waals surface area contributed by atoms with Crippen LogP contribution in [0.25, 0.3) is 60.4 Å². The molecule has 11 rings (SSSR count). The number of para-hydroxylation sites is 5. The van der Waals surface area contributed by atoms with E-state index < -0.39 is 0 Å². The molecule has 0 radical (unpaired) electrons. The predicted octanol–water partition coefficient (Wildman–Crippen LogP) is 9.31. The van der Waals surface area contributed by atoms with E-state index in [0.29, 0.717) is 0 Å². The van der Waals surface area contributed by atoms with Crippen molar-refractivity contribution in [1.29, 1.82) is 0 Å². The van der Waals surface area contributed by atoms with E-state index in [4.69, 9.17) is 0 Å². The van der Waals surface area contributed by atoms with E-state index in [1.54, 1.807) is 0 Å². The Kier molecular flexibility index (Phi) is 4.66. The van der Waals surface area contributed by atoms with Crippen LogP contribution in [0.3, 0.4) is 0 Å². The van der Waals surface area contributed by atoms with Crippen molar-refractivity contribution in [3.8, 4) is 16.8 Å². The summed E-state index contributed by atoms with van der Waals surface area (Å²) in [6.07, 6.45) is 0. The molecular formula is C42H26BN3. The summed E-state index contributed by atoms with van der Waals surface area (Å²) in [6, 6.07) is 58.1. The largest absolute Gasteiger partial charge is 0.375 e. The third-order valence-corrected chi connectivity index (χ3v) is 10.3. The number of anilines is 3. The van der Waals surface area contributed by atoms with Crippen LogP contribution < -0.4 is 15.8 Å². The molecule has 2 aliphatic heterocycles. The monoisotopic (exact) mass is 583 g/mol. The Morgan fingerprint density at radius 1 is 0.413 bits per heavy atom. The lowest BCUT2D eigenvalue weighted by atomic mass is 9.45. The molecule has 0 atom stereocenters. The molecule has 0 spiro atoms. The van der Waals surface area contributed by atoms with E-state index in [1.807, 2.05) is 0 Å². The van der Waals surface area contributed by atoms with E-state index in [2.05, 4.69) is 172 Å². The number of fused-ring (bicyclic) bond motifs is 10. The normalized spacial score (nSPS) is 13.1. The van der Waals surface area contributed by atoms with E-state index in [9.17, 15) is 0 Å². The molecule has 9 aromatic rings. The molecule has 46 heavy (non-hydrogen) atoms. The van der Waals surface area contributed by atoms with Gasteiger partial charge in [0.25, 0.3) is 0 Å². The topological polar surface area (TPSA) is 13.1 Å². The second-order valence-corrected chi connectivity index (χ2v) is 12.5. The van der Waals surface area contributed by atoms with Crippen LogP contribution in [0, 0.1) is 0 Å². The Labute approximate surface area is 266 Å². The van der Waals surface area contributed by atoms with Gasteiger partial charge in [-0.2, -0.15) is 0 Å². The first-order chi connectivity index (χ1) is 22.9. The summed E-state index contributed by atoms with van der Waals surface area (Å²) in [4.78, 5) is 2.45. The Bertz CT molecular complexity index is 2660. The van der Waals surface area contributed by atoms with Gasteiger partial charge in [0.1, 0.15) is 0 Å². The van der Waals surface area contributed by atoms with Crippen LogP contribution in [0.2, 0.25) is 0 Å². The van der Waals surface area contributed by atoms with Crippen LogP contribution in [0.15, 0.2) is 158 Å². The number of hydrogen-bond acceptors (Lipinski definition) is 1. The van der Waals surface area contributed by atoms with Crippen LogP contribution in [0.4, 0.5) is 17.1 Å². The van der Waals surface area contributed by atoms with Crippen LogP contribution in [-0.4, -0.2) is 15.9 Å². The third kappa shape index (κ3) is 2.99. The molecule has 0 N–H and O–H groups in total. The first-order valence-electron chi connectivity index (χ1n) is 16.0. The SMILES string of the molecule is c1ccc(N2c3ccccc3B3c4c(cccc42)-c2cc(-n4c5ccccc5c5ccccc54)cc4c5ccccc5n3c24)cc1. The lowest BCUT2D eigenvalue weighted by Crippen LogP contribution is -2.56. The highest BCUT2D eigenvalue weighted by Gasteiger charge is 2.42. The molecule has 212 valence electrons. The van der Waals surface area contributed by atoms with Crippen LogP contribution in [0.5, 0.6) is 0 Å². The molecule has 0 fully saturated rings. The summed E-state index contributed by atoms with van der Waals surface area (Å²) in [5.74, 6) is 0.